The number of aliphatic imine (C=N–C) groups is 1. The molecule has 0 saturated carbocycles. The largest absolute Gasteiger partial charge is 0.385 e. The van der Waals surface area contributed by atoms with E-state index >= 15 is 0 Å². The van der Waals surface area contributed by atoms with Gasteiger partial charge in [-0.2, -0.15) is 0 Å². The first kappa shape index (κ1) is 21.8. The Morgan fingerprint density at radius 2 is 1.86 bits per heavy atom. The molecule has 0 aliphatic carbocycles. The third-order valence-electron chi connectivity index (χ3n) is 2.75. The quantitative estimate of drug-likeness (QED) is 0.269. The van der Waals surface area contributed by atoms with Crippen LogP contribution in [-0.2, 0) is 11.2 Å². The highest BCUT2D eigenvalue weighted by Gasteiger charge is 2.00. The molecule has 0 fully saturated rings. The summed E-state index contributed by atoms with van der Waals surface area (Å²) in [5.41, 5.74) is 1.11. The van der Waals surface area contributed by atoms with Gasteiger partial charge in [0.25, 0.3) is 0 Å². The number of benzene rings is 1. The van der Waals surface area contributed by atoms with E-state index in [1.807, 2.05) is 19.1 Å². The summed E-state index contributed by atoms with van der Waals surface area (Å²) in [6.45, 7) is 5.12. The molecule has 2 N–H and O–H groups in total. The molecule has 0 heterocycles. The number of hydrogen-bond donors (Lipinski definition) is 2. The van der Waals surface area contributed by atoms with Gasteiger partial charge in [-0.15, -0.1) is 24.0 Å². The van der Waals surface area contributed by atoms with Gasteiger partial charge in [0.2, 0.25) is 0 Å². The molecular formula is C15H24Cl2IN3O. The number of nitrogens with one attached hydrogen (secondary N) is 2. The molecule has 0 unspecified atom stereocenters. The fourth-order valence-electron chi connectivity index (χ4n) is 1.82. The molecule has 7 heteroatoms. The number of nitrogens with zero attached hydrogens (tertiary/aromatic N) is 1. The normalized spacial score (nSPS) is 11.0. The zero-order chi connectivity index (χ0) is 15.5. The Labute approximate surface area is 160 Å². The highest BCUT2D eigenvalue weighted by atomic mass is 127. The van der Waals surface area contributed by atoms with Crippen LogP contribution >= 0.6 is 47.2 Å². The number of guanidine groups is 1. The summed E-state index contributed by atoms with van der Waals surface area (Å²) < 4.78 is 5.01. The van der Waals surface area contributed by atoms with Crippen molar-refractivity contribution in [2.24, 2.45) is 4.99 Å². The summed E-state index contributed by atoms with van der Waals surface area (Å²) in [6, 6.07) is 5.59. The molecule has 0 aromatic heterocycles. The van der Waals surface area contributed by atoms with E-state index in [0.29, 0.717) is 10.0 Å². The van der Waals surface area contributed by atoms with Crippen molar-refractivity contribution in [1.82, 2.24) is 10.6 Å². The lowest BCUT2D eigenvalue weighted by atomic mass is 10.1. The summed E-state index contributed by atoms with van der Waals surface area (Å²) >= 11 is 12.0. The van der Waals surface area contributed by atoms with E-state index in [4.69, 9.17) is 27.9 Å². The number of methoxy groups -OCH3 is 1. The maximum Gasteiger partial charge on any atom is 0.191 e. The predicted molar refractivity (Wildman–Crippen MR) is 106 cm³/mol. The smallest absolute Gasteiger partial charge is 0.191 e. The Balaban J connectivity index is 0.00000441. The van der Waals surface area contributed by atoms with Crippen LogP contribution in [0.2, 0.25) is 10.0 Å². The topological polar surface area (TPSA) is 45.7 Å². The molecule has 0 aliphatic heterocycles. The van der Waals surface area contributed by atoms with Crippen LogP contribution in [0.15, 0.2) is 23.2 Å². The average molecular weight is 460 g/mol. The van der Waals surface area contributed by atoms with Gasteiger partial charge in [0.1, 0.15) is 0 Å². The molecule has 0 radical (unpaired) electrons. The molecule has 1 aromatic carbocycles. The zero-order valence-corrected chi connectivity index (χ0v) is 16.8. The van der Waals surface area contributed by atoms with Crippen LogP contribution in [-0.4, -0.2) is 39.3 Å². The molecule has 0 atom stereocenters. The summed E-state index contributed by atoms with van der Waals surface area (Å²) in [5, 5.41) is 7.84. The Morgan fingerprint density at radius 1 is 1.18 bits per heavy atom. The highest BCUT2D eigenvalue weighted by Crippen LogP contribution is 2.19. The van der Waals surface area contributed by atoms with Crippen molar-refractivity contribution in [3.63, 3.8) is 0 Å². The van der Waals surface area contributed by atoms with Gasteiger partial charge in [0.15, 0.2) is 5.96 Å². The van der Waals surface area contributed by atoms with E-state index < -0.39 is 0 Å². The highest BCUT2D eigenvalue weighted by molar-refractivity contribution is 14.0. The van der Waals surface area contributed by atoms with E-state index in [2.05, 4.69) is 15.6 Å². The van der Waals surface area contributed by atoms with E-state index in [0.717, 1.165) is 50.6 Å². The van der Waals surface area contributed by atoms with Gasteiger partial charge in [-0.05, 0) is 43.5 Å². The number of rotatable bonds is 8. The van der Waals surface area contributed by atoms with Gasteiger partial charge in [0.05, 0.1) is 0 Å². The first-order valence-corrected chi connectivity index (χ1v) is 7.87. The molecule has 126 valence electrons. The Bertz CT molecular complexity index is 438. The molecule has 0 aliphatic rings. The fourth-order valence-corrected chi connectivity index (χ4v) is 2.39. The summed E-state index contributed by atoms with van der Waals surface area (Å²) in [4.78, 5) is 4.48. The Kier molecular flexibility index (Phi) is 13.1. The van der Waals surface area contributed by atoms with Crippen LogP contribution in [0.4, 0.5) is 0 Å². The van der Waals surface area contributed by atoms with Crippen molar-refractivity contribution in [3.8, 4) is 0 Å². The number of ether oxygens (including phenoxy) is 1. The second-order valence-electron chi connectivity index (χ2n) is 4.56. The minimum Gasteiger partial charge on any atom is -0.385 e. The van der Waals surface area contributed by atoms with Gasteiger partial charge in [0, 0.05) is 43.4 Å². The van der Waals surface area contributed by atoms with Crippen molar-refractivity contribution in [1.29, 1.82) is 0 Å². The second kappa shape index (κ2) is 13.2. The third kappa shape index (κ3) is 9.71. The van der Waals surface area contributed by atoms with Crippen LogP contribution < -0.4 is 10.6 Å². The van der Waals surface area contributed by atoms with Crippen LogP contribution in [0, 0.1) is 0 Å². The molecule has 0 saturated heterocycles. The van der Waals surface area contributed by atoms with Gasteiger partial charge < -0.3 is 15.4 Å². The predicted octanol–water partition coefficient (Wildman–Crippen LogP) is 3.75. The standard InChI is InChI=1S/C15H23Cl2N3O.HI/c1-3-18-15(19-6-4-8-21-2)20-7-5-12-9-13(16)11-14(17)10-12;/h9-11H,3-8H2,1-2H3,(H2,18,19,20);1H. The SMILES string of the molecule is CCNC(=NCCCOC)NCCc1cc(Cl)cc(Cl)c1.I. The van der Waals surface area contributed by atoms with Crippen LogP contribution in [0.5, 0.6) is 0 Å². The van der Waals surface area contributed by atoms with E-state index in [-0.39, 0.29) is 24.0 Å². The Morgan fingerprint density at radius 3 is 2.45 bits per heavy atom. The summed E-state index contributed by atoms with van der Waals surface area (Å²) in [6.07, 6.45) is 1.75. The second-order valence-corrected chi connectivity index (χ2v) is 5.43. The van der Waals surface area contributed by atoms with E-state index in [1.165, 1.54) is 0 Å². The molecule has 22 heavy (non-hydrogen) atoms. The van der Waals surface area contributed by atoms with Crippen LogP contribution in [0.3, 0.4) is 0 Å². The van der Waals surface area contributed by atoms with E-state index in [9.17, 15) is 0 Å². The first-order valence-electron chi connectivity index (χ1n) is 7.11. The van der Waals surface area contributed by atoms with Crippen molar-refractivity contribution in [3.05, 3.63) is 33.8 Å². The molecular weight excluding hydrogens is 436 g/mol. The average Bonchev–Trinajstić information content (AvgIpc) is 2.42. The van der Waals surface area contributed by atoms with Crippen molar-refractivity contribution in [2.75, 3.05) is 33.4 Å². The summed E-state index contributed by atoms with van der Waals surface area (Å²) in [5.74, 6) is 0.821. The molecule has 1 rings (SSSR count). The minimum atomic E-state index is 0. The van der Waals surface area contributed by atoms with Crippen molar-refractivity contribution < 1.29 is 4.74 Å². The molecule has 0 amide bonds. The molecule has 0 bridgehead atoms. The lowest BCUT2D eigenvalue weighted by Gasteiger charge is -2.11. The zero-order valence-electron chi connectivity index (χ0n) is 13.0. The third-order valence-corrected chi connectivity index (χ3v) is 3.19. The van der Waals surface area contributed by atoms with Gasteiger partial charge in [-0.3, -0.25) is 4.99 Å². The number of hydrogen-bond acceptors (Lipinski definition) is 2. The van der Waals surface area contributed by atoms with Crippen molar-refractivity contribution in [2.45, 2.75) is 19.8 Å². The van der Waals surface area contributed by atoms with Crippen LogP contribution in [0.25, 0.3) is 0 Å². The van der Waals surface area contributed by atoms with Crippen LogP contribution in [0.1, 0.15) is 18.9 Å². The lowest BCUT2D eigenvalue weighted by Crippen LogP contribution is -2.38. The monoisotopic (exact) mass is 459 g/mol. The minimum absolute atomic E-state index is 0. The fraction of sp³-hybridized carbons (Fsp3) is 0.533. The molecule has 1 aromatic rings. The maximum atomic E-state index is 5.99. The lowest BCUT2D eigenvalue weighted by molar-refractivity contribution is 0.197. The van der Waals surface area contributed by atoms with Gasteiger partial charge in [-0.25, -0.2) is 0 Å². The maximum absolute atomic E-state index is 5.99. The van der Waals surface area contributed by atoms with Gasteiger partial charge in [-0.1, -0.05) is 23.2 Å². The number of halogens is 3. The van der Waals surface area contributed by atoms with E-state index in [1.54, 1.807) is 13.2 Å². The molecule has 0 spiro atoms. The van der Waals surface area contributed by atoms with Crippen molar-refractivity contribution >= 4 is 53.1 Å². The summed E-state index contributed by atoms with van der Waals surface area (Å²) in [7, 11) is 1.70. The van der Waals surface area contributed by atoms with Gasteiger partial charge >= 0.3 is 0 Å². The Hall–Kier alpha value is -0.240. The first-order chi connectivity index (χ1) is 10.2. The molecule has 4 nitrogen and oxygen atoms in total.